The van der Waals surface area contributed by atoms with E-state index in [9.17, 15) is 14.4 Å². The largest absolute Gasteiger partial charge is 0.369 e. The molecule has 1 aromatic heterocycles. The highest BCUT2D eigenvalue weighted by atomic mass is 79.9. The molecule has 0 bridgehead atoms. The maximum atomic E-state index is 12.3. The van der Waals surface area contributed by atoms with Crippen molar-refractivity contribution in [2.24, 2.45) is 5.41 Å². The summed E-state index contributed by atoms with van der Waals surface area (Å²) in [4.78, 5) is 46.5. The molecule has 0 saturated carbocycles. The second-order valence-corrected chi connectivity index (χ2v) is 9.66. The van der Waals surface area contributed by atoms with Crippen LogP contribution < -0.4 is 27.0 Å². The summed E-state index contributed by atoms with van der Waals surface area (Å²) in [6.45, 7) is 5.64. The molecule has 0 atom stereocenters. The van der Waals surface area contributed by atoms with Crippen LogP contribution in [0.2, 0.25) is 0 Å². The van der Waals surface area contributed by atoms with E-state index in [0.29, 0.717) is 41.4 Å². The van der Waals surface area contributed by atoms with Gasteiger partial charge in [0.2, 0.25) is 11.9 Å². The van der Waals surface area contributed by atoms with Gasteiger partial charge in [-0.15, -0.1) is 0 Å². The number of carbonyl (C=O) groups is 3. The minimum Gasteiger partial charge on any atom is -0.369 e. The third-order valence-electron chi connectivity index (χ3n) is 5.70. The predicted octanol–water partition coefficient (Wildman–Crippen LogP) is 2.32. The Morgan fingerprint density at radius 2 is 1.86 bits per heavy atom. The van der Waals surface area contributed by atoms with E-state index in [4.69, 9.17) is 0 Å². The van der Waals surface area contributed by atoms with Crippen molar-refractivity contribution in [1.29, 1.82) is 0 Å². The van der Waals surface area contributed by atoms with Crippen LogP contribution in [0.1, 0.15) is 33.1 Å². The zero-order chi connectivity index (χ0) is 25.4. The number of anilines is 4. The molecular weight excluding hydrogens is 516 g/mol. The van der Waals surface area contributed by atoms with Gasteiger partial charge in [-0.25, -0.2) is 14.6 Å². The number of hydrogen-bond donors (Lipinski definition) is 5. The molecule has 4 amide bonds. The maximum absolute atomic E-state index is 12.3. The van der Waals surface area contributed by atoms with Crippen molar-refractivity contribution in [3.63, 3.8) is 0 Å². The average molecular weight is 548 g/mol. The number of hydrogen-bond acceptors (Lipinski definition) is 7. The van der Waals surface area contributed by atoms with Crippen LogP contribution in [0.3, 0.4) is 0 Å². The summed E-state index contributed by atoms with van der Waals surface area (Å²) in [7, 11) is 0. The Hall–Kier alpha value is -3.25. The number of rotatable bonds is 10. The lowest BCUT2D eigenvalue weighted by molar-refractivity contribution is -0.315. The van der Waals surface area contributed by atoms with Crippen LogP contribution in [0.5, 0.6) is 0 Å². The number of nitrogens with zero attached hydrogens (tertiary/aromatic N) is 3. The van der Waals surface area contributed by atoms with E-state index in [0.717, 1.165) is 31.6 Å². The molecule has 1 saturated heterocycles. The van der Waals surface area contributed by atoms with Gasteiger partial charge in [0.05, 0.1) is 4.47 Å². The molecule has 3 rings (SSSR count). The number of likely N-dealkylation sites (tertiary alicyclic amines) is 1. The topological polar surface area (TPSA) is 156 Å². The highest BCUT2D eigenvalue weighted by Crippen LogP contribution is 2.23. The molecule has 188 valence electrons. The summed E-state index contributed by atoms with van der Waals surface area (Å²) >= 11 is 3.44. The highest BCUT2D eigenvalue weighted by molar-refractivity contribution is 9.10. The Balaban J connectivity index is 1.51. The maximum Gasteiger partial charge on any atom is 0.323 e. The molecule has 35 heavy (non-hydrogen) atoms. The minimum atomic E-state index is -1.14. The van der Waals surface area contributed by atoms with Crippen LogP contribution >= 0.6 is 15.9 Å². The number of aromatic nitrogens is 2. The quantitative estimate of drug-likeness (QED) is 0.225. The van der Waals surface area contributed by atoms with Gasteiger partial charge < -0.3 is 26.2 Å². The van der Waals surface area contributed by atoms with Gasteiger partial charge in [0, 0.05) is 43.8 Å². The smallest absolute Gasteiger partial charge is 0.323 e. The molecule has 2 heterocycles. The molecule has 0 unspecified atom stereocenters. The van der Waals surface area contributed by atoms with Gasteiger partial charge in [-0.3, -0.25) is 10.5 Å². The van der Waals surface area contributed by atoms with Crippen molar-refractivity contribution >= 4 is 56.9 Å². The number of amides is 4. The molecule has 0 aliphatic carbocycles. The van der Waals surface area contributed by atoms with Gasteiger partial charge in [-0.05, 0) is 67.2 Å². The molecule has 1 aromatic carbocycles. The van der Waals surface area contributed by atoms with Gasteiger partial charge in [0.15, 0.2) is 5.41 Å². The summed E-state index contributed by atoms with van der Waals surface area (Å²) in [6, 6.07) is 7.28. The van der Waals surface area contributed by atoms with Crippen molar-refractivity contribution in [2.45, 2.75) is 33.1 Å². The zero-order valence-electron chi connectivity index (χ0n) is 20.0. The monoisotopic (exact) mass is 547 g/mol. The predicted molar refractivity (Wildman–Crippen MR) is 137 cm³/mol. The minimum absolute atomic E-state index is 0.0938. The number of halogens is 1. The lowest BCUT2D eigenvalue weighted by Gasteiger charge is -2.17. The van der Waals surface area contributed by atoms with Crippen LogP contribution in [0.4, 0.5) is 27.9 Å². The lowest BCUT2D eigenvalue weighted by Crippen LogP contribution is -2.66. The molecule has 1 aliphatic heterocycles. The fraction of sp³-hybridized carbons (Fsp3) is 0.435. The number of benzene rings is 1. The van der Waals surface area contributed by atoms with Crippen LogP contribution in [-0.2, 0) is 9.59 Å². The first-order chi connectivity index (χ1) is 16.7. The van der Waals surface area contributed by atoms with E-state index >= 15 is 0 Å². The Labute approximate surface area is 212 Å². The van der Waals surface area contributed by atoms with Crippen molar-refractivity contribution in [3.05, 3.63) is 34.9 Å². The Bertz CT molecular complexity index is 1070. The van der Waals surface area contributed by atoms with Gasteiger partial charge in [-0.1, -0.05) is 6.07 Å². The second kappa shape index (κ2) is 11.9. The zero-order valence-corrected chi connectivity index (χ0v) is 21.6. The first kappa shape index (κ1) is 26.4. The summed E-state index contributed by atoms with van der Waals surface area (Å²) in [6.07, 6.45) is 4.35. The number of quaternary nitrogens is 1. The fourth-order valence-corrected chi connectivity index (χ4v) is 3.65. The van der Waals surface area contributed by atoms with E-state index in [-0.39, 0.29) is 11.9 Å². The molecule has 7 N–H and O–H groups in total. The molecule has 12 heteroatoms. The van der Waals surface area contributed by atoms with Gasteiger partial charge in [-0.2, -0.15) is 4.98 Å². The summed E-state index contributed by atoms with van der Waals surface area (Å²) < 4.78 is 0.697. The first-order valence-corrected chi connectivity index (χ1v) is 12.3. The van der Waals surface area contributed by atoms with Crippen molar-refractivity contribution in [2.75, 3.05) is 42.1 Å². The summed E-state index contributed by atoms with van der Waals surface area (Å²) in [5, 5.41) is 12.1. The summed E-state index contributed by atoms with van der Waals surface area (Å²) in [5.74, 6) is 0.229. The molecule has 1 fully saturated rings. The molecule has 1 aliphatic rings. The van der Waals surface area contributed by atoms with Gasteiger partial charge >= 0.3 is 11.9 Å². The van der Waals surface area contributed by atoms with E-state index < -0.39 is 11.3 Å². The highest BCUT2D eigenvalue weighted by Gasteiger charge is 2.36. The van der Waals surface area contributed by atoms with Crippen molar-refractivity contribution in [1.82, 2.24) is 20.2 Å². The molecule has 11 nitrogen and oxygen atoms in total. The molecular formula is C23H32BrN8O3+. The average Bonchev–Trinajstić information content (AvgIpc) is 3.36. The van der Waals surface area contributed by atoms with E-state index in [2.05, 4.69) is 52.9 Å². The lowest BCUT2D eigenvalue weighted by atomic mass is 9.91. The first-order valence-electron chi connectivity index (χ1n) is 11.5. The van der Waals surface area contributed by atoms with Crippen LogP contribution in [0.25, 0.3) is 0 Å². The molecule has 0 spiro atoms. The molecule has 0 radical (unpaired) electrons. The normalized spacial score (nSPS) is 13.3. The van der Waals surface area contributed by atoms with E-state index in [1.54, 1.807) is 20.0 Å². The van der Waals surface area contributed by atoms with E-state index in [1.165, 1.54) is 0 Å². The van der Waals surface area contributed by atoms with Crippen LogP contribution in [0, 0.1) is 5.41 Å². The second-order valence-electron chi connectivity index (χ2n) is 8.80. The van der Waals surface area contributed by atoms with Crippen LogP contribution in [0.15, 0.2) is 34.9 Å². The van der Waals surface area contributed by atoms with Crippen molar-refractivity contribution < 1.29 is 20.1 Å². The third-order valence-corrected chi connectivity index (χ3v) is 6.28. The Kier molecular flexibility index (Phi) is 8.99. The number of carbonyl (C=O) groups excluding carboxylic acids is 3. The van der Waals surface area contributed by atoms with Crippen molar-refractivity contribution in [3.8, 4) is 0 Å². The Morgan fingerprint density at radius 1 is 1.14 bits per heavy atom. The fourth-order valence-electron chi connectivity index (χ4n) is 3.32. The number of urea groups is 1. The SMILES string of the molecule is CC(C)(C([NH3+])=O)C(=O)NCCCNc1nc(Nc2cccc(NC(=O)N3CCCC3)c2)ncc1Br. The Morgan fingerprint density at radius 3 is 2.57 bits per heavy atom. The molecule has 2 aromatic rings. The van der Waals surface area contributed by atoms with Gasteiger partial charge in [0.1, 0.15) is 5.82 Å². The van der Waals surface area contributed by atoms with E-state index in [1.807, 2.05) is 29.2 Å². The van der Waals surface area contributed by atoms with Gasteiger partial charge in [0.25, 0.3) is 0 Å². The standard InChI is InChI=1S/C23H31BrN8O3/c1-23(2,19(25)33)20(34)27-10-6-9-26-18-17(24)14-28-21(31-18)29-15-7-5-8-16(13-15)30-22(35)32-11-3-4-12-32/h5,7-8,13-14H,3-4,6,9-12H2,1-2H3,(H2,25,33)(H,27,34)(H,30,35)(H2,26,28,29,31)/p+1. The third kappa shape index (κ3) is 7.36. The summed E-state index contributed by atoms with van der Waals surface area (Å²) in [5.41, 5.74) is 3.62. The number of nitrogens with one attached hydrogen (secondary N) is 4. The van der Waals surface area contributed by atoms with Crippen LogP contribution in [-0.4, -0.2) is 58.9 Å².